The smallest absolute Gasteiger partial charge is 0.0503 e. The summed E-state index contributed by atoms with van der Waals surface area (Å²) in [5.41, 5.74) is 0. The molecule has 1 atom stereocenters. The minimum Gasteiger partial charge on any atom is -0.303 e. The maximum atomic E-state index is 2.73. The van der Waals surface area contributed by atoms with Gasteiger partial charge in [0.25, 0.3) is 0 Å². The zero-order chi connectivity index (χ0) is 16.8. The Labute approximate surface area is 150 Å². The maximum Gasteiger partial charge on any atom is 0.0503 e. The molecule has 0 aliphatic carbocycles. The van der Waals surface area contributed by atoms with Gasteiger partial charge in [-0.2, -0.15) is 0 Å². The Kier molecular flexibility index (Phi) is 7.38. The van der Waals surface area contributed by atoms with Crippen LogP contribution in [0.4, 0.5) is 0 Å². The molecule has 0 saturated carbocycles. The van der Waals surface area contributed by atoms with E-state index in [1.807, 2.05) is 0 Å². The third kappa shape index (κ3) is 5.69. The molecule has 0 aromatic rings. The number of hydrogen-bond donors (Lipinski definition) is 0. The Bertz CT molecular complexity index is 348. The minimum atomic E-state index is 0.809. The molecule has 3 saturated heterocycles. The lowest BCUT2D eigenvalue weighted by atomic mass is 9.95. The fourth-order valence-corrected chi connectivity index (χ4v) is 4.85. The van der Waals surface area contributed by atoms with Gasteiger partial charge in [-0.15, -0.1) is 0 Å². The van der Waals surface area contributed by atoms with Crippen molar-refractivity contribution in [1.29, 1.82) is 0 Å². The highest BCUT2D eigenvalue weighted by atomic mass is 15.3. The fourth-order valence-electron chi connectivity index (χ4n) is 4.85. The van der Waals surface area contributed by atoms with Crippen LogP contribution in [0.25, 0.3) is 0 Å². The van der Waals surface area contributed by atoms with Gasteiger partial charge >= 0.3 is 0 Å². The predicted octanol–water partition coefficient (Wildman–Crippen LogP) is 2.56. The van der Waals surface area contributed by atoms with E-state index < -0.39 is 0 Å². The van der Waals surface area contributed by atoms with Gasteiger partial charge in [0.05, 0.1) is 6.67 Å². The third-order valence-electron chi connectivity index (χ3n) is 6.57. The van der Waals surface area contributed by atoms with Crippen molar-refractivity contribution in [3.8, 4) is 0 Å². The van der Waals surface area contributed by atoms with E-state index in [4.69, 9.17) is 0 Å². The average Bonchev–Trinajstić information content (AvgIpc) is 3.01. The molecule has 0 spiro atoms. The minimum absolute atomic E-state index is 0.809. The molecule has 3 aliphatic rings. The van der Waals surface area contributed by atoms with Crippen LogP contribution in [0.3, 0.4) is 0 Å². The summed E-state index contributed by atoms with van der Waals surface area (Å²) in [7, 11) is 2.31. The van der Waals surface area contributed by atoms with E-state index in [9.17, 15) is 0 Å². The second-order valence-corrected chi connectivity index (χ2v) is 8.67. The number of piperidine rings is 2. The van der Waals surface area contributed by atoms with Gasteiger partial charge in [-0.1, -0.05) is 6.42 Å². The van der Waals surface area contributed by atoms with Crippen molar-refractivity contribution in [3.63, 3.8) is 0 Å². The van der Waals surface area contributed by atoms with Gasteiger partial charge in [0.1, 0.15) is 0 Å². The molecule has 140 valence electrons. The molecule has 0 aromatic carbocycles. The average molecular weight is 337 g/mol. The Morgan fingerprint density at radius 2 is 1.58 bits per heavy atom. The van der Waals surface area contributed by atoms with Crippen LogP contribution in [0, 0.1) is 5.92 Å². The zero-order valence-electron chi connectivity index (χ0n) is 16.3. The molecular formula is C20H40N4. The Hall–Kier alpha value is -0.160. The van der Waals surface area contributed by atoms with Gasteiger partial charge < -0.3 is 4.90 Å². The SMILES string of the molecule is C[C@H]1CCCN1CCN(C)CN1CCC(CN2CCCCC2)CC1. The molecule has 0 N–H and O–H groups in total. The fraction of sp³-hybridized carbons (Fsp3) is 1.00. The summed E-state index contributed by atoms with van der Waals surface area (Å²) in [5.74, 6) is 0.954. The van der Waals surface area contributed by atoms with Gasteiger partial charge in [-0.05, 0) is 91.1 Å². The molecule has 0 bridgehead atoms. The molecule has 3 aliphatic heterocycles. The quantitative estimate of drug-likeness (QED) is 0.708. The van der Waals surface area contributed by atoms with Crippen LogP contribution in [-0.4, -0.2) is 91.7 Å². The number of hydrogen-bond acceptors (Lipinski definition) is 4. The highest BCUT2D eigenvalue weighted by Gasteiger charge is 2.23. The van der Waals surface area contributed by atoms with Gasteiger partial charge in [0.2, 0.25) is 0 Å². The van der Waals surface area contributed by atoms with Crippen LogP contribution in [-0.2, 0) is 0 Å². The highest BCUT2D eigenvalue weighted by molar-refractivity contribution is 4.78. The van der Waals surface area contributed by atoms with Gasteiger partial charge in [0, 0.05) is 25.7 Å². The molecule has 0 unspecified atom stereocenters. The van der Waals surface area contributed by atoms with E-state index in [2.05, 4.69) is 33.6 Å². The summed E-state index contributed by atoms with van der Waals surface area (Å²) in [4.78, 5) is 10.6. The van der Waals surface area contributed by atoms with Gasteiger partial charge in [-0.25, -0.2) is 0 Å². The second kappa shape index (κ2) is 9.51. The normalized spacial score (nSPS) is 28.9. The first-order chi connectivity index (χ1) is 11.7. The highest BCUT2D eigenvalue weighted by Crippen LogP contribution is 2.21. The molecule has 4 nitrogen and oxygen atoms in total. The van der Waals surface area contributed by atoms with E-state index >= 15 is 0 Å². The Morgan fingerprint density at radius 3 is 2.25 bits per heavy atom. The van der Waals surface area contributed by atoms with E-state index in [-0.39, 0.29) is 0 Å². The van der Waals surface area contributed by atoms with Crippen LogP contribution in [0.1, 0.15) is 51.9 Å². The summed E-state index contributed by atoms with van der Waals surface area (Å²) in [5, 5.41) is 0. The van der Waals surface area contributed by atoms with Gasteiger partial charge in [-0.3, -0.25) is 14.7 Å². The van der Waals surface area contributed by atoms with E-state index in [1.54, 1.807) is 0 Å². The molecule has 4 heteroatoms. The molecule has 3 rings (SSSR count). The lowest BCUT2D eigenvalue weighted by molar-refractivity contribution is 0.0862. The molecule has 3 fully saturated rings. The lowest BCUT2D eigenvalue weighted by Gasteiger charge is -2.37. The molecule has 24 heavy (non-hydrogen) atoms. The third-order valence-corrected chi connectivity index (χ3v) is 6.57. The molecular weight excluding hydrogens is 296 g/mol. The zero-order valence-corrected chi connectivity index (χ0v) is 16.3. The summed E-state index contributed by atoms with van der Waals surface area (Å²) in [6.45, 7) is 14.1. The Morgan fingerprint density at radius 1 is 0.833 bits per heavy atom. The molecule has 3 heterocycles. The summed E-state index contributed by atoms with van der Waals surface area (Å²) < 4.78 is 0. The number of likely N-dealkylation sites (N-methyl/N-ethyl adjacent to an activating group) is 1. The van der Waals surface area contributed by atoms with Crippen LogP contribution in [0.15, 0.2) is 0 Å². The first-order valence-corrected chi connectivity index (χ1v) is 10.6. The second-order valence-electron chi connectivity index (χ2n) is 8.67. The first-order valence-electron chi connectivity index (χ1n) is 10.6. The number of rotatable bonds is 7. The summed E-state index contributed by atoms with van der Waals surface area (Å²) in [6.07, 6.45) is 9.93. The predicted molar refractivity (Wildman–Crippen MR) is 102 cm³/mol. The Balaban J connectivity index is 1.28. The number of nitrogens with zero attached hydrogens (tertiary/aromatic N) is 4. The van der Waals surface area contributed by atoms with E-state index in [0.29, 0.717) is 0 Å². The van der Waals surface area contributed by atoms with Crippen LogP contribution in [0.5, 0.6) is 0 Å². The summed E-state index contributed by atoms with van der Waals surface area (Å²) in [6, 6.07) is 0.809. The van der Waals surface area contributed by atoms with Crippen molar-refractivity contribution in [2.45, 2.75) is 57.9 Å². The van der Waals surface area contributed by atoms with Crippen molar-refractivity contribution in [3.05, 3.63) is 0 Å². The van der Waals surface area contributed by atoms with E-state index in [0.717, 1.165) is 12.0 Å². The van der Waals surface area contributed by atoms with Crippen LogP contribution < -0.4 is 0 Å². The first kappa shape index (κ1) is 18.6. The van der Waals surface area contributed by atoms with Crippen LogP contribution >= 0.6 is 0 Å². The topological polar surface area (TPSA) is 13.0 Å². The molecule has 0 aromatic heterocycles. The number of likely N-dealkylation sites (tertiary alicyclic amines) is 3. The van der Waals surface area contributed by atoms with Crippen molar-refractivity contribution in [1.82, 2.24) is 19.6 Å². The van der Waals surface area contributed by atoms with Gasteiger partial charge in [0.15, 0.2) is 0 Å². The van der Waals surface area contributed by atoms with Crippen molar-refractivity contribution >= 4 is 0 Å². The largest absolute Gasteiger partial charge is 0.303 e. The maximum absolute atomic E-state index is 2.73. The molecule has 0 amide bonds. The van der Waals surface area contributed by atoms with Crippen molar-refractivity contribution in [2.24, 2.45) is 5.92 Å². The van der Waals surface area contributed by atoms with Crippen molar-refractivity contribution in [2.75, 3.05) is 66.1 Å². The monoisotopic (exact) mass is 336 g/mol. The summed E-state index contributed by atoms with van der Waals surface area (Å²) >= 11 is 0. The van der Waals surface area contributed by atoms with E-state index in [1.165, 1.54) is 104 Å². The molecule has 0 radical (unpaired) electrons. The lowest BCUT2D eigenvalue weighted by Crippen LogP contribution is -2.45. The van der Waals surface area contributed by atoms with Crippen LogP contribution in [0.2, 0.25) is 0 Å². The van der Waals surface area contributed by atoms with Crippen molar-refractivity contribution < 1.29 is 0 Å². The standard InChI is InChI=1S/C20H40N4/c1-19-7-6-12-24(19)16-15-21(2)18-23-13-8-20(9-14-23)17-22-10-4-3-5-11-22/h19-20H,3-18H2,1-2H3/t19-/m0/s1.